The Morgan fingerprint density at radius 1 is 1.41 bits per heavy atom. The Morgan fingerprint density at radius 2 is 2.18 bits per heavy atom. The van der Waals surface area contributed by atoms with Crippen LogP contribution in [0.1, 0.15) is 46.0 Å². The highest BCUT2D eigenvalue weighted by molar-refractivity contribution is 5.76. The normalized spacial score (nSPS) is 25.0. The zero-order chi connectivity index (χ0) is 12.7. The van der Waals surface area contributed by atoms with Crippen LogP contribution in [-0.4, -0.2) is 42.6 Å². The van der Waals surface area contributed by atoms with Crippen LogP contribution in [-0.2, 0) is 9.53 Å². The average Bonchev–Trinajstić information content (AvgIpc) is 2.34. The molecular formula is C13H26N2O2. The molecule has 1 amide bonds. The second-order valence-electron chi connectivity index (χ2n) is 4.85. The molecule has 17 heavy (non-hydrogen) atoms. The maximum absolute atomic E-state index is 12.1. The topological polar surface area (TPSA) is 55.6 Å². The minimum atomic E-state index is 0.172. The molecule has 1 heterocycles. The molecule has 0 aromatic rings. The van der Waals surface area contributed by atoms with Gasteiger partial charge >= 0.3 is 0 Å². The van der Waals surface area contributed by atoms with E-state index in [0.29, 0.717) is 13.0 Å². The average molecular weight is 242 g/mol. The molecule has 2 atom stereocenters. The number of carbonyl (C=O) groups is 1. The number of unbranched alkanes of at least 4 members (excludes halogenated alkanes) is 2. The number of amides is 1. The van der Waals surface area contributed by atoms with Gasteiger partial charge in [-0.1, -0.05) is 13.3 Å². The van der Waals surface area contributed by atoms with Crippen molar-refractivity contribution >= 4 is 5.91 Å². The van der Waals surface area contributed by atoms with Crippen molar-refractivity contribution in [2.24, 2.45) is 5.73 Å². The van der Waals surface area contributed by atoms with Crippen LogP contribution >= 0.6 is 0 Å². The summed E-state index contributed by atoms with van der Waals surface area (Å²) >= 11 is 0. The van der Waals surface area contributed by atoms with Crippen LogP contribution in [0.5, 0.6) is 0 Å². The van der Waals surface area contributed by atoms with Crippen molar-refractivity contribution in [3.63, 3.8) is 0 Å². The van der Waals surface area contributed by atoms with Crippen molar-refractivity contribution < 1.29 is 9.53 Å². The van der Waals surface area contributed by atoms with E-state index in [1.165, 1.54) is 0 Å². The van der Waals surface area contributed by atoms with Crippen LogP contribution in [0, 0.1) is 0 Å². The van der Waals surface area contributed by atoms with E-state index in [0.717, 1.165) is 38.8 Å². The monoisotopic (exact) mass is 242 g/mol. The van der Waals surface area contributed by atoms with Gasteiger partial charge in [0.15, 0.2) is 0 Å². The summed E-state index contributed by atoms with van der Waals surface area (Å²) in [5, 5.41) is 0. The largest absolute Gasteiger partial charge is 0.375 e. The fourth-order valence-corrected chi connectivity index (χ4v) is 2.23. The fourth-order valence-electron chi connectivity index (χ4n) is 2.23. The first-order valence-electron chi connectivity index (χ1n) is 6.80. The van der Waals surface area contributed by atoms with E-state index in [2.05, 4.69) is 6.92 Å². The third-order valence-corrected chi connectivity index (χ3v) is 3.35. The summed E-state index contributed by atoms with van der Waals surface area (Å²) < 4.78 is 5.59. The lowest BCUT2D eigenvalue weighted by Gasteiger charge is -2.38. The van der Waals surface area contributed by atoms with Gasteiger partial charge in [-0.05, 0) is 32.7 Å². The highest BCUT2D eigenvalue weighted by Gasteiger charge is 2.28. The van der Waals surface area contributed by atoms with Crippen LogP contribution in [0.2, 0.25) is 0 Å². The minimum Gasteiger partial charge on any atom is -0.375 e. The van der Waals surface area contributed by atoms with Crippen LogP contribution in [0.25, 0.3) is 0 Å². The Balaban J connectivity index is 2.36. The van der Waals surface area contributed by atoms with E-state index in [1.807, 2.05) is 11.8 Å². The number of ether oxygens (including phenoxy) is 1. The molecule has 1 rings (SSSR count). The highest BCUT2D eigenvalue weighted by Crippen LogP contribution is 2.16. The zero-order valence-corrected chi connectivity index (χ0v) is 11.2. The second-order valence-corrected chi connectivity index (χ2v) is 4.85. The summed E-state index contributed by atoms with van der Waals surface area (Å²) in [6.45, 7) is 6.29. The lowest BCUT2D eigenvalue weighted by molar-refractivity contribution is -0.144. The number of carbonyl (C=O) groups excluding carboxylic acids is 1. The highest BCUT2D eigenvalue weighted by atomic mass is 16.5. The molecule has 0 aliphatic carbocycles. The van der Waals surface area contributed by atoms with Crippen LogP contribution < -0.4 is 5.73 Å². The zero-order valence-electron chi connectivity index (χ0n) is 11.2. The standard InChI is InChI=1S/C13H26N2O2/c1-3-12-10-17-11(2)9-15(12)13(16)7-5-4-6-8-14/h11-12H,3-10,14H2,1-2H3. The van der Waals surface area contributed by atoms with E-state index < -0.39 is 0 Å². The molecular weight excluding hydrogens is 216 g/mol. The summed E-state index contributed by atoms with van der Waals surface area (Å²) in [4.78, 5) is 14.1. The molecule has 2 unspecified atom stereocenters. The van der Waals surface area contributed by atoms with Gasteiger partial charge in [-0.15, -0.1) is 0 Å². The van der Waals surface area contributed by atoms with Gasteiger partial charge in [-0.2, -0.15) is 0 Å². The van der Waals surface area contributed by atoms with Crippen LogP contribution in [0.4, 0.5) is 0 Å². The van der Waals surface area contributed by atoms with E-state index >= 15 is 0 Å². The quantitative estimate of drug-likeness (QED) is 0.719. The van der Waals surface area contributed by atoms with E-state index in [4.69, 9.17) is 10.5 Å². The van der Waals surface area contributed by atoms with Gasteiger partial charge in [0.2, 0.25) is 5.91 Å². The fraction of sp³-hybridized carbons (Fsp3) is 0.923. The van der Waals surface area contributed by atoms with E-state index in [1.54, 1.807) is 0 Å². The Bertz CT molecular complexity index is 233. The molecule has 2 N–H and O–H groups in total. The predicted molar refractivity (Wildman–Crippen MR) is 68.7 cm³/mol. The summed E-state index contributed by atoms with van der Waals surface area (Å²) in [5.74, 6) is 0.282. The molecule has 0 radical (unpaired) electrons. The van der Waals surface area contributed by atoms with E-state index in [-0.39, 0.29) is 18.1 Å². The molecule has 1 aliphatic rings. The van der Waals surface area contributed by atoms with Crippen molar-refractivity contribution in [3.05, 3.63) is 0 Å². The first-order chi connectivity index (χ1) is 8.19. The van der Waals surface area contributed by atoms with Gasteiger partial charge in [-0.25, -0.2) is 0 Å². The molecule has 4 heteroatoms. The van der Waals surface area contributed by atoms with Crippen molar-refractivity contribution in [3.8, 4) is 0 Å². The number of hydrogen-bond donors (Lipinski definition) is 1. The molecule has 1 saturated heterocycles. The SMILES string of the molecule is CCC1COC(C)CN1C(=O)CCCCCN. The van der Waals surface area contributed by atoms with Gasteiger partial charge in [0, 0.05) is 13.0 Å². The van der Waals surface area contributed by atoms with Gasteiger partial charge in [-0.3, -0.25) is 4.79 Å². The first-order valence-corrected chi connectivity index (χ1v) is 6.80. The lowest BCUT2D eigenvalue weighted by Crippen LogP contribution is -2.51. The molecule has 1 aliphatic heterocycles. The molecule has 4 nitrogen and oxygen atoms in total. The summed E-state index contributed by atoms with van der Waals surface area (Å²) in [6.07, 6.45) is 4.83. The van der Waals surface area contributed by atoms with Crippen LogP contribution in [0.15, 0.2) is 0 Å². The molecule has 1 fully saturated rings. The molecule has 0 aromatic heterocycles. The number of nitrogens with zero attached hydrogens (tertiary/aromatic N) is 1. The van der Waals surface area contributed by atoms with Gasteiger partial charge < -0.3 is 15.4 Å². The first kappa shape index (κ1) is 14.5. The number of morpholine rings is 1. The molecule has 0 bridgehead atoms. The summed E-state index contributed by atoms with van der Waals surface area (Å²) in [6, 6.07) is 0.271. The van der Waals surface area contributed by atoms with Gasteiger partial charge in [0.05, 0.1) is 18.8 Å². The van der Waals surface area contributed by atoms with Crippen molar-refractivity contribution in [1.82, 2.24) is 4.90 Å². The van der Waals surface area contributed by atoms with E-state index in [9.17, 15) is 4.79 Å². The minimum absolute atomic E-state index is 0.172. The molecule has 0 saturated carbocycles. The molecule has 0 spiro atoms. The predicted octanol–water partition coefficient (Wildman–Crippen LogP) is 1.53. The molecule has 100 valence electrons. The van der Waals surface area contributed by atoms with Crippen LogP contribution in [0.3, 0.4) is 0 Å². The Kier molecular flexibility index (Phi) is 6.52. The molecule has 0 aromatic carbocycles. The number of nitrogens with two attached hydrogens (primary N) is 1. The third kappa shape index (κ3) is 4.64. The maximum Gasteiger partial charge on any atom is 0.222 e. The van der Waals surface area contributed by atoms with Gasteiger partial charge in [0.25, 0.3) is 0 Å². The number of hydrogen-bond acceptors (Lipinski definition) is 3. The van der Waals surface area contributed by atoms with Crippen molar-refractivity contribution in [2.75, 3.05) is 19.7 Å². The maximum atomic E-state index is 12.1. The summed E-state index contributed by atoms with van der Waals surface area (Å²) in [5.41, 5.74) is 5.44. The Labute approximate surface area is 104 Å². The number of rotatable bonds is 6. The van der Waals surface area contributed by atoms with Crippen molar-refractivity contribution in [2.45, 2.75) is 58.1 Å². The van der Waals surface area contributed by atoms with Crippen molar-refractivity contribution in [1.29, 1.82) is 0 Å². The summed E-state index contributed by atoms with van der Waals surface area (Å²) in [7, 11) is 0. The van der Waals surface area contributed by atoms with Gasteiger partial charge in [0.1, 0.15) is 0 Å². The lowest BCUT2D eigenvalue weighted by atomic mass is 10.1. The smallest absolute Gasteiger partial charge is 0.222 e. The Hall–Kier alpha value is -0.610. The Morgan fingerprint density at radius 3 is 2.82 bits per heavy atom. The second kappa shape index (κ2) is 7.67. The third-order valence-electron chi connectivity index (χ3n) is 3.35.